The third-order valence-corrected chi connectivity index (χ3v) is 6.15. The summed E-state index contributed by atoms with van der Waals surface area (Å²) in [7, 11) is 0. The van der Waals surface area contributed by atoms with Gasteiger partial charge in [0.15, 0.2) is 0 Å². The predicted octanol–water partition coefficient (Wildman–Crippen LogP) is 1.23. The molecule has 0 aromatic carbocycles. The van der Waals surface area contributed by atoms with Crippen LogP contribution >= 0.6 is 0 Å². The zero-order valence-corrected chi connectivity index (χ0v) is 13.4. The van der Waals surface area contributed by atoms with E-state index in [-0.39, 0.29) is 19.1 Å². The van der Waals surface area contributed by atoms with Crippen LogP contribution in [0.3, 0.4) is 0 Å². The summed E-state index contributed by atoms with van der Waals surface area (Å²) in [6, 6.07) is 0.584. The summed E-state index contributed by atoms with van der Waals surface area (Å²) >= 11 is 0. The molecule has 0 saturated heterocycles. The van der Waals surface area contributed by atoms with Crippen LogP contribution in [0.15, 0.2) is 12.4 Å². The van der Waals surface area contributed by atoms with Gasteiger partial charge in [0.25, 0.3) is 0 Å². The van der Waals surface area contributed by atoms with E-state index in [1.54, 1.807) is 4.68 Å². The number of aliphatic hydroxyl groups is 1. The molecule has 3 aliphatic carbocycles. The molecule has 0 aliphatic heterocycles. The van der Waals surface area contributed by atoms with E-state index < -0.39 is 0 Å². The van der Waals surface area contributed by atoms with E-state index >= 15 is 0 Å². The monoisotopic (exact) mass is 318 g/mol. The fraction of sp³-hybridized carbons (Fsp3) is 0.765. The van der Waals surface area contributed by atoms with E-state index in [9.17, 15) is 4.79 Å². The Bertz CT molecular complexity index is 573. The summed E-state index contributed by atoms with van der Waals surface area (Å²) in [6.07, 6.45) is 10.7. The van der Waals surface area contributed by atoms with Crippen molar-refractivity contribution in [1.82, 2.24) is 15.1 Å². The Morgan fingerprint density at radius 2 is 2.17 bits per heavy atom. The van der Waals surface area contributed by atoms with Gasteiger partial charge in [-0.3, -0.25) is 9.48 Å². The van der Waals surface area contributed by atoms with Gasteiger partial charge < -0.3 is 15.7 Å². The Labute approximate surface area is 136 Å². The largest absolute Gasteiger partial charge is 0.395 e. The lowest BCUT2D eigenvalue weighted by Crippen LogP contribution is -2.33. The number of rotatable bonds is 6. The highest BCUT2D eigenvalue weighted by Crippen LogP contribution is 2.59. The zero-order chi connectivity index (χ0) is 15.8. The quantitative estimate of drug-likeness (QED) is 0.737. The number of nitrogens with zero attached hydrogens (tertiary/aromatic N) is 2. The molecule has 5 unspecified atom stereocenters. The van der Waals surface area contributed by atoms with Crippen LogP contribution in [0.5, 0.6) is 0 Å². The summed E-state index contributed by atoms with van der Waals surface area (Å²) in [5.74, 6) is 3.61. The number of nitrogens with one attached hydrogen (secondary N) is 2. The molecule has 1 aromatic rings. The number of hydrogen-bond acceptors (Lipinski definition) is 4. The second-order valence-electron chi connectivity index (χ2n) is 7.40. The van der Waals surface area contributed by atoms with E-state index in [1.807, 2.05) is 12.4 Å². The minimum atomic E-state index is -0.123. The normalized spacial score (nSPS) is 34.6. The van der Waals surface area contributed by atoms with Crippen LogP contribution in [-0.4, -0.2) is 40.0 Å². The van der Waals surface area contributed by atoms with Crippen molar-refractivity contribution in [2.45, 2.75) is 44.7 Å². The average Bonchev–Trinajstić information content (AvgIpc) is 3.27. The first-order valence-corrected chi connectivity index (χ1v) is 8.91. The molecule has 1 aromatic heterocycles. The van der Waals surface area contributed by atoms with Crippen molar-refractivity contribution >= 4 is 11.6 Å². The maximum atomic E-state index is 11.7. The van der Waals surface area contributed by atoms with Crippen LogP contribution in [0.2, 0.25) is 0 Å². The lowest BCUT2D eigenvalue weighted by Gasteiger charge is -2.32. The highest BCUT2D eigenvalue weighted by atomic mass is 16.3. The van der Waals surface area contributed by atoms with E-state index in [2.05, 4.69) is 15.7 Å². The van der Waals surface area contributed by atoms with Gasteiger partial charge in [-0.25, -0.2) is 0 Å². The van der Waals surface area contributed by atoms with Crippen LogP contribution in [0.4, 0.5) is 5.69 Å². The van der Waals surface area contributed by atoms with Crippen molar-refractivity contribution in [2.75, 3.05) is 18.5 Å². The molecule has 6 nitrogen and oxygen atoms in total. The lowest BCUT2D eigenvalue weighted by molar-refractivity contribution is -0.122. The smallest absolute Gasteiger partial charge is 0.241 e. The molecule has 0 spiro atoms. The van der Waals surface area contributed by atoms with Crippen molar-refractivity contribution in [3.8, 4) is 0 Å². The summed E-state index contributed by atoms with van der Waals surface area (Å²) in [6.45, 7) is 0.450. The molecule has 1 heterocycles. The standard InChI is InChI=1S/C17H26N4O2/c22-5-4-18-17(23)10-21-9-12(8-19-21)20-16-7-11-6-15(16)14-3-1-2-13(11)14/h8-9,11,13-16,20,22H,1-7,10H2,(H,18,23). The number of hydrogen-bond donors (Lipinski definition) is 3. The molecule has 6 heteroatoms. The Kier molecular flexibility index (Phi) is 4.01. The van der Waals surface area contributed by atoms with Crippen molar-refractivity contribution in [1.29, 1.82) is 0 Å². The second-order valence-corrected chi connectivity index (χ2v) is 7.40. The molecule has 2 bridgehead atoms. The second kappa shape index (κ2) is 6.15. The zero-order valence-electron chi connectivity index (χ0n) is 13.4. The number of anilines is 1. The molecule has 5 atom stereocenters. The number of carbonyl (C=O) groups is 1. The first kappa shape index (κ1) is 15.0. The van der Waals surface area contributed by atoms with Crippen LogP contribution in [0.25, 0.3) is 0 Å². The van der Waals surface area contributed by atoms with Gasteiger partial charge in [0.2, 0.25) is 5.91 Å². The summed E-state index contributed by atoms with van der Waals surface area (Å²) in [5.41, 5.74) is 1.02. The molecule has 3 aliphatic rings. The van der Waals surface area contributed by atoms with Gasteiger partial charge in [0.05, 0.1) is 18.5 Å². The van der Waals surface area contributed by atoms with Crippen LogP contribution < -0.4 is 10.6 Å². The molecular formula is C17H26N4O2. The fourth-order valence-electron chi connectivity index (χ4n) is 5.37. The van der Waals surface area contributed by atoms with Gasteiger partial charge in [0.1, 0.15) is 6.54 Å². The third-order valence-electron chi connectivity index (χ3n) is 6.15. The van der Waals surface area contributed by atoms with E-state index in [0.717, 1.165) is 29.4 Å². The number of aromatic nitrogens is 2. The molecular weight excluding hydrogens is 292 g/mol. The van der Waals surface area contributed by atoms with Gasteiger partial charge >= 0.3 is 0 Å². The van der Waals surface area contributed by atoms with E-state index in [4.69, 9.17) is 5.11 Å². The Morgan fingerprint density at radius 1 is 1.30 bits per heavy atom. The molecule has 0 radical (unpaired) electrons. The van der Waals surface area contributed by atoms with Gasteiger partial charge in [-0.1, -0.05) is 6.42 Å². The maximum absolute atomic E-state index is 11.7. The Hall–Kier alpha value is -1.56. The van der Waals surface area contributed by atoms with Crippen molar-refractivity contribution < 1.29 is 9.90 Å². The van der Waals surface area contributed by atoms with Crippen LogP contribution in [-0.2, 0) is 11.3 Å². The topological polar surface area (TPSA) is 79.2 Å². The minimum Gasteiger partial charge on any atom is -0.395 e. The van der Waals surface area contributed by atoms with Crippen molar-refractivity contribution in [3.63, 3.8) is 0 Å². The summed E-state index contributed by atoms with van der Waals surface area (Å²) in [5, 5.41) is 19.3. The summed E-state index contributed by atoms with van der Waals surface area (Å²) in [4.78, 5) is 11.7. The van der Waals surface area contributed by atoms with Gasteiger partial charge in [0, 0.05) is 18.8 Å². The predicted molar refractivity (Wildman–Crippen MR) is 86.8 cm³/mol. The minimum absolute atomic E-state index is 0.0377. The number of amides is 1. The van der Waals surface area contributed by atoms with E-state index in [1.165, 1.54) is 32.1 Å². The molecule has 3 saturated carbocycles. The summed E-state index contributed by atoms with van der Waals surface area (Å²) < 4.78 is 1.65. The maximum Gasteiger partial charge on any atom is 0.241 e. The van der Waals surface area contributed by atoms with Crippen LogP contribution in [0.1, 0.15) is 32.1 Å². The third kappa shape index (κ3) is 2.84. The van der Waals surface area contributed by atoms with Gasteiger partial charge in [-0.05, 0) is 49.4 Å². The Balaban J connectivity index is 1.33. The number of fused-ring (bicyclic) bond motifs is 5. The molecule has 4 rings (SSSR count). The molecule has 1 amide bonds. The first-order chi connectivity index (χ1) is 11.2. The fourth-order valence-corrected chi connectivity index (χ4v) is 5.37. The van der Waals surface area contributed by atoms with Gasteiger partial charge in [-0.2, -0.15) is 5.10 Å². The van der Waals surface area contributed by atoms with Crippen molar-refractivity contribution in [3.05, 3.63) is 12.4 Å². The first-order valence-electron chi connectivity index (χ1n) is 8.91. The lowest BCUT2D eigenvalue weighted by atomic mass is 9.79. The van der Waals surface area contributed by atoms with Gasteiger partial charge in [-0.15, -0.1) is 0 Å². The highest BCUT2D eigenvalue weighted by molar-refractivity contribution is 5.75. The average molecular weight is 318 g/mol. The van der Waals surface area contributed by atoms with E-state index in [0.29, 0.717) is 12.6 Å². The molecule has 3 fully saturated rings. The Morgan fingerprint density at radius 3 is 3.04 bits per heavy atom. The van der Waals surface area contributed by atoms with Crippen LogP contribution in [0, 0.1) is 23.7 Å². The van der Waals surface area contributed by atoms with Crippen molar-refractivity contribution in [2.24, 2.45) is 23.7 Å². The number of carbonyl (C=O) groups excluding carboxylic acids is 1. The molecule has 126 valence electrons. The SMILES string of the molecule is O=C(Cn1cc(NC2CC3CC2C2CCCC32)cn1)NCCO. The molecule has 3 N–H and O–H groups in total. The highest BCUT2D eigenvalue weighted by Gasteiger charge is 2.53. The number of aliphatic hydroxyl groups excluding tert-OH is 1. The molecule has 23 heavy (non-hydrogen) atoms.